The highest BCUT2D eigenvalue weighted by Gasteiger charge is 2.07. The average Bonchev–Trinajstić information content (AvgIpc) is 2.75. The Hall–Kier alpha value is -2.06. The molecule has 2 aromatic rings. The van der Waals surface area contributed by atoms with Gasteiger partial charge in [-0.05, 0) is 26.0 Å². The summed E-state index contributed by atoms with van der Waals surface area (Å²) in [5.74, 6) is 0.670. The van der Waals surface area contributed by atoms with E-state index in [4.69, 9.17) is 10.00 Å². The number of methoxy groups -OCH3 is 1. The van der Waals surface area contributed by atoms with Crippen LogP contribution in [0.4, 0.5) is 5.69 Å². The van der Waals surface area contributed by atoms with Crippen LogP contribution in [0, 0.1) is 25.2 Å². The molecule has 2 rings (SSSR count). The van der Waals surface area contributed by atoms with Crippen LogP contribution in [0.3, 0.4) is 0 Å². The number of hydrogen-bond acceptors (Lipinski definition) is 5. The third kappa shape index (κ3) is 3.04. The Bertz CT molecular complexity index is 609. The molecule has 1 N–H and O–H groups in total. The number of rotatable bonds is 4. The maximum absolute atomic E-state index is 8.86. The molecule has 98 valence electrons. The van der Waals surface area contributed by atoms with Gasteiger partial charge in [0.1, 0.15) is 10.8 Å². The van der Waals surface area contributed by atoms with E-state index in [1.165, 1.54) is 4.88 Å². The van der Waals surface area contributed by atoms with E-state index in [0.717, 1.165) is 16.4 Å². The molecule has 0 aliphatic rings. The van der Waals surface area contributed by atoms with Gasteiger partial charge in [0, 0.05) is 10.9 Å². The zero-order chi connectivity index (χ0) is 13.8. The second kappa shape index (κ2) is 5.72. The van der Waals surface area contributed by atoms with Gasteiger partial charge in [0.05, 0.1) is 36.7 Å². The largest absolute Gasteiger partial charge is 0.495 e. The second-order valence-electron chi connectivity index (χ2n) is 4.13. The van der Waals surface area contributed by atoms with Crippen molar-refractivity contribution in [2.24, 2.45) is 0 Å². The van der Waals surface area contributed by atoms with Gasteiger partial charge >= 0.3 is 0 Å². The van der Waals surface area contributed by atoms with Gasteiger partial charge in [-0.15, -0.1) is 11.3 Å². The average molecular weight is 273 g/mol. The number of hydrogen-bond donors (Lipinski definition) is 1. The molecule has 0 aliphatic heterocycles. The highest BCUT2D eigenvalue weighted by Crippen LogP contribution is 2.26. The van der Waals surface area contributed by atoms with Crippen LogP contribution >= 0.6 is 11.3 Å². The van der Waals surface area contributed by atoms with Crippen molar-refractivity contribution in [3.63, 3.8) is 0 Å². The zero-order valence-electron chi connectivity index (χ0n) is 11.2. The van der Waals surface area contributed by atoms with Crippen molar-refractivity contribution in [2.45, 2.75) is 20.4 Å². The molecule has 0 saturated heterocycles. The molecular weight excluding hydrogens is 258 g/mol. The lowest BCUT2D eigenvalue weighted by Gasteiger charge is -2.10. The van der Waals surface area contributed by atoms with Crippen LogP contribution in [0.5, 0.6) is 5.75 Å². The molecule has 4 nitrogen and oxygen atoms in total. The Kier molecular flexibility index (Phi) is 4.03. The van der Waals surface area contributed by atoms with Crippen LogP contribution < -0.4 is 10.1 Å². The maximum atomic E-state index is 8.86. The smallest absolute Gasteiger partial charge is 0.143 e. The topological polar surface area (TPSA) is 57.9 Å². The van der Waals surface area contributed by atoms with Gasteiger partial charge in [0.15, 0.2) is 0 Å². The number of aryl methyl sites for hydroxylation is 2. The minimum atomic E-state index is 0.586. The highest BCUT2D eigenvalue weighted by atomic mass is 32.1. The Labute approximate surface area is 116 Å². The maximum Gasteiger partial charge on any atom is 0.143 e. The van der Waals surface area contributed by atoms with Crippen LogP contribution in [0.15, 0.2) is 18.2 Å². The molecule has 5 heteroatoms. The first kappa shape index (κ1) is 13.4. The first-order chi connectivity index (χ1) is 9.13. The molecule has 0 unspecified atom stereocenters. The summed E-state index contributed by atoms with van der Waals surface area (Å²) in [7, 11) is 1.60. The van der Waals surface area contributed by atoms with Crippen LogP contribution in [0.1, 0.15) is 21.1 Å². The number of nitriles is 1. The molecule has 0 aliphatic carbocycles. The summed E-state index contributed by atoms with van der Waals surface area (Å²) < 4.78 is 5.27. The van der Waals surface area contributed by atoms with Gasteiger partial charge in [0.2, 0.25) is 0 Å². The molecule has 1 heterocycles. The molecule has 1 aromatic heterocycles. The molecule has 1 aromatic carbocycles. The number of anilines is 1. The number of thiazole rings is 1. The molecular formula is C14H15N3OS. The quantitative estimate of drug-likeness (QED) is 0.929. The molecule has 0 fully saturated rings. The summed E-state index contributed by atoms with van der Waals surface area (Å²) in [6, 6.07) is 7.44. The van der Waals surface area contributed by atoms with Crippen molar-refractivity contribution < 1.29 is 4.74 Å². The van der Waals surface area contributed by atoms with Crippen LogP contribution in [0.2, 0.25) is 0 Å². The molecule has 0 bridgehead atoms. The van der Waals surface area contributed by atoms with E-state index in [2.05, 4.69) is 23.3 Å². The fraction of sp³-hybridized carbons (Fsp3) is 0.286. The van der Waals surface area contributed by atoms with E-state index >= 15 is 0 Å². The Morgan fingerprint density at radius 1 is 1.42 bits per heavy atom. The van der Waals surface area contributed by atoms with Crippen molar-refractivity contribution >= 4 is 17.0 Å². The third-order valence-corrected chi connectivity index (χ3v) is 3.91. The molecule has 0 spiro atoms. The molecule has 0 atom stereocenters. The monoisotopic (exact) mass is 273 g/mol. The molecule has 0 saturated carbocycles. The molecule has 0 radical (unpaired) electrons. The first-order valence-corrected chi connectivity index (χ1v) is 6.70. The first-order valence-electron chi connectivity index (χ1n) is 5.89. The Morgan fingerprint density at radius 2 is 2.21 bits per heavy atom. The van der Waals surface area contributed by atoms with E-state index in [1.807, 2.05) is 13.0 Å². The van der Waals surface area contributed by atoms with Gasteiger partial charge < -0.3 is 10.1 Å². The number of ether oxygens (including phenoxy) is 1. The summed E-state index contributed by atoms with van der Waals surface area (Å²) in [4.78, 5) is 5.72. The number of nitrogens with zero attached hydrogens (tertiary/aromatic N) is 2. The van der Waals surface area contributed by atoms with Gasteiger partial charge in [-0.25, -0.2) is 4.98 Å². The summed E-state index contributed by atoms with van der Waals surface area (Å²) >= 11 is 1.69. The van der Waals surface area contributed by atoms with Crippen LogP contribution in [-0.2, 0) is 6.54 Å². The summed E-state index contributed by atoms with van der Waals surface area (Å²) in [5, 5.41) is 13.2. The molecule has 0 amide bonds. The number of nitrogens with one attached hydrogen (secondary N) is 1. The van der Waals surface area contributed by atoms with Gasteiger partial charge in [-0.2, -0.15) is 5.26 Å². The fourth-order valence-electron chi connectivity index (χ4n) is 1.69. The van der Waals surface area contributed by atoms with Crippen molar-refractivity contribution in [1.29, 1.82) is 5.26 Å². The lowest BCUT2D eigenvalue weighted by molar-refractivity contribution is 0.416. The zero-order valence-corrected chi connectivity index (χ0v) is 12.0. The second-order valence-corrected chi connectivity index (χ2v) is 5.42. The fourth-order valence-corrected chi connectivity index (χ4v) is 2.57. The predicted octanol–water partition coefficient (Wildman–Crippen LogP) is 3.25. The van der Waals surface area contributed by atoms with E-state index < -0.39 is 0 Å². The highest BCUT2D eigenvalue weighted by molar-refractivity contribution is 7.11. The standard InChI is InChI=1S/C14H15N3OS/c1-9-10(2)19-14(17-9)8-16-12-5-4-11(7-15)6-13(12)18-3/h4-6,16H,8H2,1-3H3. The summed E-state index contributed by atoms with van der Waals surface area (Å²) in [6.45, 7) is 4.73. The minimum Gasteiger partial charge on any atom is -0.495 e. The third-order valence-electron chi connectivity index (χ3n) is 2.83. The molecule has 19 heavy (non-hydrogen) atoms. The van der Waals surface area contributed by atoms with Gasteiger partial charge in [0.25, 0.3) is 0 Å². The van der Waals surface area contributed by atoms with Crippen molar-refractivity contribution in [1.82, 2.24) is 4.98 Å². The van der Waals surface area contributed by atoms with E-state index in [9.17, 15) is 0 Å². The number of aromatic nitrogens is 1. The van der Waals surface area contributed by atoms with E-state index in [-0.39, 0.29) is 0 Å². The normalized spacial score (nSPS) is 10.0. The predicted molar refractivity (Wildman–Crippen MR) is 76.6 cm³/mol. The summed E-state index contributed by atoms with van der Waals surface area (Å²) in [5.41, 5.74) is 2.53. The minimum absolute atomic E-state index is 0.586. The lowest BCUT2D eigenvalue weighted by Crippen LogP contribution is -2.01. The summed E-state index contributed by atoms with van der Waals surface area (Å²) in [6.07, 6.45) is 0. The number of benzene rings is 1. The lowest BCUT2D eigenvalue weighted by atomic mass is 10.2. The van der Waals surface area contributed by atoms with E-state index in [1.54, 1.807) is 30.6 Å². The van der Waals surface area contributed by atoms with Gasteiger partial charge in [-0.1, -0.05) is 0 Å². The van der Waals surface area contributed by atoms with Crippen molar-refractivity contribution in [3.8, 4) is 11.8 Å². The van der Waals surface area contributed by atoms with E-state index in [0.29, 0.717) is 17.9 Å². The Morgan fingerprint density at radius 3 is 2.79 bits per heavy atom. The Balaban J connectivity index is 2.13. The van der Waals surface area contributed by atoms with Gasteiger partial charge in [-0.3, -0.25) is 0 Å². The van der Waals surface area contributed by atoms with Crippen molar-refractivity contribution in [3.05, 3.63) is 39.3 Å². The van der Waals surface area contributed by atoms with Crippen molar-refractivity contribution in [2.75, 3.05) is 12.4 Å². The van der Waals surface area contributed by atoms with Crippen LogP contribution in [0.25, 0.3) is 0 Å². The SMILES string of the molecule is COc1cc(C#N)ccc1NCc1nc(C)c(C)s1. The van der Waals surface area contributed by atoms with Crippen LogP contribution in [-0.4, -0.2) is 12.1 Å².